The lowest BCUT2D eigenvalue weighted by atomic mass is 10.1. The van der Waals surface area contributed by atoms with Gasteiger partial charge in [-0.25, -0.2) is 21.8 Å². The van der Waals surface area contributed by atoms with E-state index in [2.05, 4.69) is 46.8 Å². The quantitative estimate of drug-likeness (QED) is 0.0671. The maximum Gasteiger partial charge on any atom is 0.397 e. The number of nitrogens with one attached hydrogen (secondary N) is 2. The number of sulfone groups is 1. The van der Waals surface area contributed by atoms with Crippen LogP contribution in [0.4, 0.5) is 34.4 Å². The van der Waals surface area contributed by atoms with E-state index in [-0.39, 0.29) is 57.8 Å². The second-order valence-electron chi connectivity index (χ2n) is 10.2. The number of hydrogen-bond donors (Lipinski definition) is 6. The van der Waals surface area contributed by atoms with Gasteiger partial charge in [-0.05, 0) is 49.4 Å². The molecular formula is C26H30N8O12S4. The van der Waals surface area contributed by atoms with Crippen LogP contribution in [0.25, 0.3) is 0 Å². The van der Waals surface area contributed by atoms with Crippen molar-refractivity contribution in [2.24, 2.45) is 20.5 Å². The molecule has 270 valence electrons. The summed E-state index contributed by atoms with van der Waals surface area (Å²) in [5.74, 6) is -0.652. The standard InChI is InChI=1S/C26H30N8O12S4/c1-4-47(35,36)14-12-29-25-21(16-27)17(2)24(26(30-25)28-11-13-46-49(40,41)42)34-33-22-10-7-19(15-23(22)48(37,38)39)32-31-18-5-8-20(9-6-18)50(3,43,44)45/h4-10,15H,1,11-14H2,2-3H3,(H2,28,29,30)(H,37,38,39)(H,40,41,42)(H2,43,44,45). The van der Waals surface area contributed by atoms with Crippen LogP contribution in [-0.2, 0) is 44.2 Å². The minimum absolute atomic E-state index is 0.0814. The van der Waals surface area contributed by atoms with E-state index >= 15 is 0 Å². The number of azo groups is 2. The maximum absolute atomic E-state index is 12.3. The minimum atomic E-state index is -4.99. The smallest absolute Gasteiger partial charge is 0.368 e. The molecule has 20 nitrogen and oxygen atoms in total. The lowest BCUT2D eigenvalue weighted by molar-refractivity contribution is 0.278. The summed E-state index contributed by atoms with van der Waals surface area (Å²) in [6.45, 7) is 3.55. The van der Waals surface area contributed by atoms with Crippen molar-refractivity contribution >= 4 is 74.4 Å². The maximum atomic E-state index is 12.3. The highest BCUT2D eigenvalue weighted by molar-refractivity contribution is 8.09. The molecular weight excluding hydrogens is 745 g/mol. The monoisotopic (exact) mass is 774 g/mol. The summed E-state index contributed by atoms with van der Waals surface area (Å²) >= 11 is 0. The fraction of sp³-hybridized carbons (Fsp3) is 0.231. The van der Waals surface area contributed by atoms with E-state index in [1.165, 1.54) is 25.1 Å². The third-order valence-corrected chi connectivity index (χ3v) is 10.2. The Balaban J connectivity index is 2.02. The first-order chi connectivity index (χ1) is 23.0. The van der Waals surface area contributed by atoms with Crippen molar-refractivity contribution in [3.8, 4) is 6.07 Å². The summed E-state index contributed by atoms with van der Waals surface area (Å²) in [6.07, 6.45) is 0.749. The number of nitrogens with zero attached hydrogens (tertiary/aromatic N) is 6. The van der Waals surface area contributed by atoms with E-state index < -0.39 is 62.9 Å². The molecule has 3 rings (SSSR count). The van der Waals surface area contributed by atoms with Crippen molar-refractivity contribution in [2.45, 2.75) is 16.7 Å². The first-order valence-electron chi connectivity index (χ1n) is 13.6. The molecule has 0 aliphatic rings. The molecule has 0 amide bonds. The average molecular weight is 775 g/mol. The van der Waals surface area contributed by atoms with Gasteiger partial charge in [0.25, 0.3) is 10.1 Å². The molecule has 0 fully saturated rings. The minimum Gasteiger partial charge on any atom is -0.368 e. The molecule has 1 heterocycles. The lowest BCUT2D eigenvalue weighted by Gasteiger charge is -2.25. The van der Waals surface area contributed by atoms with Gasteiger partial charge in [0.1, 0.15) is 37.8 Å². The van der Waals surface area contributed by atoms with E-state index in [1.807, 2.05) is 6.07 Å². The van der Waals surface area contributed by atoms with E-state index in [9.17, 15) is 48.4 Å². The van der Waals surface area contributed by atoms with Crippen molar-refractivity contribution in [2.75, 3.05) is 42.3 Å². The van der Waals surface area contributed by atoms with Gasteiger partial charge in [-0.1, -0.05) is 6.58 Å². The number of rotatable bonds is 16. The predicted molar refractivity (Wildman–Crippen MR) is 181 cm³/mol. The van der Waals surface area contributed by atoms with Crippen molar-refractivity contribution in [3.05, 3.63) is 65.6 Å². The first kappa shape index (κ1) is 39.9. The molecule has 2 aromatic carbocycles. The van der Waals surface area contributed by atoms with Gasteiger partial charge >= 0.3 is 10.4 Å². The molecule has 0 radical (unpaired) electrons. The van der Waals surface area contributed by atoms with Gasteiger partial charge in [0.2, 0.25) is 0 Å². The molecule has 0 aliphatic heterocycles. The molecule has 3 aromatic rings. The number of benzene rings is 2. The predicted octanol–water partition coefficient (Wildman–Crippen LogP) is 4.30. The molecule has 0 bridgehead atoms. The molecule has 0 spiro atoms. The van der Waals surface area contributed by atoms with Crippen LogP contribution in [0, 0.1) is 18.3 Å². The van der Waals surface area contributed by atoms with Crippen LogP contribution in [0.3, 0.4) is 0 Å². The van der Waals surface area contributed by atoms with Crippen molar-refractivity contribution in [1.29, 1.82) is 5.26 Å². The normalized spacial score (nSPS) is 13.5. The number of anilines is 2. The lowest BCUT2D eigenvalue weighted by Crippen LogP contribution is -2.28. The average Bonchev–Trinajstić information content (AvgIpc) is 3.00. The highest BCUT2D eigenvalue weighted by atomic mass is 32.3. The fourth-order valence-corrected chi connectivity index (χ4v) is 6.07. The van der Waals surface area contributed by atoms with Gasteiger partial charge in [0.05, 0.1) is 34.2 Å². The van der Waals surface area contributed by atoms with Crippen LogP contribution < -0.4 is 10.6 Å². The topological polar surface area (TPSA) is 320 Å². The number of aromatic nitrogens is 1. The van der Waals surface area contributed by atoms with Crippen LogP contribution in [-0.4, -0.2) is 84.4 Å². The largest absolute Gasteiger partial charge is 0.397 e. The van der Waals surface area contributed by atoms with Gasteiger partial charge in [0.15, 0.2) is 15.7 Å². The third-order valence-electron chi connectivity index (χ3n) is 6.23. The van der Waals surface area contributed by atoms with E-state index in [0.717, 1.165) is 35.9 Å². The van der Waals surface area contributed by atoms with Crippen molar-refractivity contribution in [1.82, 2.24) is 4.98 Å². The highest BCUT2D eigenvalue weighted by Gasteiger charge is 2.25. The van der Waals surface area contributed by atoms with E-state index in [4.69, 9.17) is 4.55 Å². The van der Waals surface area contributed by atoms with Gasteiger partial charge in [-0.15, -0.1) is 10.2 Å². The van der Waals surface area contributed by atoms with Gasteiger partial charge in [0, 0.05) is 30.3 Å². The van der Waals surface area contributed by atoms with Gasteiger partial charge in [-0.3, -0.25) is 9.11 Å². The van der Waals surface area contributed by atoms with Gasteiger partial charge < -0.3 is 19.7 Å². The third kappa shape index (κ3) is 11.5. The molecule has 50 heavy (non-hydrogen) atoms. The Morgan fingerprint density at radius 3 is 2.10 bits per heavy atom. The summed E-state index contributed by atoms with van der Waals surface area (Å²) in [5.41, 5.74) is -0.487. The zero-order chi connectivity index (χ0) is 37.6. The Kier molecular flexibility index (Phi) is 12.1. The van der Waals surface area contributed by atoms with Crippen LogP contribution in [0.2, 0.25) is 0 Å². The van der Waals surface area contributed by atoms with Crippen LogP contribution in [0.1, 0.15) is 11.1 Å². The summed E-state index contributed by atoms with van der Waals surface area (Å²) in [4.78, 5) is 3.20. The second kappa shape index (κ2) is 15.1. The van der Waals surface area contributed by atoms with E-state index in [1.54, 1.807) is 0 Å². The molecule has 0 unspecified atom stereocenters. The second-order valence-corrected chi connectivity index (χ2v) is 17.6. The Bertz CT molecular complexity index is 2290. The summed E-state index contributed by atoms with van der Waals surface area (Å²) in [6, 6.07) is 10.0. The molecule has 0 aliphatic carbocycles. The molecule has 0 saturated carbocycles. The number of nitriles is 1. The van der Waals surface area contributed by atoms with Crippen LogP contribution in [0.5, 0.6) is 0 Å². The van der Waals surface area contributed by atoms with Crippen LogP contribution in [0.15, 0.2) is 84.7 Å². The molecule has 0 saturated heterocycles. The van der Waals surface area contributed by atoms with Crippen molar-refractivity contribution < 1.29 is 51.9 Å². The molecule has 0 atom stereocenters. The van der Waals surface area contributed by atoms with Crippen molar-refractivity contribution in [3.63, 3.8) is 0 Å². The van der Waals surface area contributed by atoms with Gasteiger partial charge in [-0.2, -0.15) is 32.3 Å². The number of hydrogen-bond acceptors (Lipinski definition) is 16. The summed E-state index contributed by atoms with van der Waals surface area (Å²) < 4.78 is 124. The zero-order valence-corrected chi connectivity index (χ0v) is 29.3. The summed E-state index contributed by atoms with van der Waals surface area (Å²) in [5, 5.41) is 31.7. The summed E-state index contributed by atoms with van der Waals surface area (Å²) in [7, 11) is -18.4. The Hall–Kier alpha value is -4.58. The molecule has 1 aromatic heterocycles. The highest BCUT2D eigenvalue weighted by Crippen LogP contribution is 2.37. The Morgan fingerprint density at radius 1 is 0.940 bits per heavy atom. The Labute approximate surface area is 286 Å². The molecule has 6 N–H and O–H groups in total. The Morgan fingerprint density at radius 2 is 1.54 bits per heavy atom. The number of pyridine rings is 1. The fourth-order valence-electron chi connectivity index (χ4n) is 3.82. The first-order valence-corrected chi connectivity index (χ1v) is 20.4. The van der Waals surface area contributed by atoms with Crippen LogP contribution >= 0.6 is 0 Å². The van der Waals surface area contributed by atoms with E-state index in [0.29, 0.717) is 0 Å². The SMILES string of the molecule is C=CS(=O)(=O)CCNc1nc(NCCOS(=O)(=O)O)c(N=Nc2ccc(N=Nc3ccc(S(C)(=O)(O)O)cc3)cc2S(=O)(=O)O)c(C)c1C#N. The zero-order valence-electron chi connectivity index (χ0n) is 26.0. The molecule has 24 heteroatoms.